The molecular formula is C15H15F2N3O. The number of hydrogen-bond acceptors (Lipinski definition) is 3. The van der Waals surface area contributed by atoms with Crippen LogP contribution in [-0.4, -0.2) is 17.4 Å². The maximum Gasteiger partial charge on any atom is 0.255 e. The lowest BCUT2D eigenvalue weighted by Gasteiger charge is -2.08. The quantitative estimate of drug-likeness (QED) is 0.887. The van der Waals surface area contributed by atoms with E-state index in [4.69, 9.17) is 0 Å². The van der Waals surface area contributed by atoms with Gasteiger partial charge in [-0.05, 0) is 30.7 Å². The fourth-order valence-corrected chi connectivity index (χ4v) is 1.72. The van der Waals surface area contributed by atoms with Gasteiger partial charge in [0.1, 0.15) is 5.82 Å². The van der Waals surface area contributed by atoms with Crippen LogP contribution >= 0.6 is 0 Å². The van der Waals surface area contributed by atoms with Gasteiger partial charge in [-0.25, -0.2) is 13.8 Å². The van der Waals surface area contributed by atoms with E-state index >= 15 is 0 Å². The highest BCUT2D eigenvalue weighted by molar-refractivity contribution is 6.04. The predicted octanol–water partition coefficient (Wildman–Crippen LogP) is 3.43. The fourth-order valence-electron chi connectivity index (χ4n) is 1.72. The second kappa shape index (κ2) is 6.78. The van der Waals surface area contributed by atoms with E-state index in [1.165, 1.54) is 24.4 Å². The molecule has 0 fully saturated rings. The molecule has 1 heterocycles. The highest BCUT2D eigenvalue weighted by atomic mass is 19.2. The van der Waals surface area contributed by atoms with Crippen LogP contribution in [0, 0.1) is 11.6 Å². The van der Waals surface area contributed by atoms with E-state index in [2.05, 4.69) is 15.6 Å². The van der Waals surface area contributed by atoms with E-state index in [0.29, 0.717) is 11.4 Å². The highest BCUT2D eigenvalue weighted by Gasteiger charge is 2.12. The Bertz CT molecular complexity index is 647. The van der Waals surface area contributed by atoms with Crippen LogP contribution in [-0.2, 0) is 0 Å². The summed E-state index contributed by atoms with van der Waals surface area (Å²) in [6, 6.07) is 6.68. The van der Waals surface area contributed by atoms with E-state index in [1.54, 1.807) is 6.07 Å². The molecule has 0 aliphatic rings. The third-order valence-corrected chi connectivity index (χ3v) is 2.78. The van der Waals surface area contributed by atoms with E-state index < -0.39 is 17.5 Å². The van der Waals surface area contributed by atoms with Gasteiger partial charge in [-0.15, -0.1) is 0 Å². The highest BCUT2D eigenvalue weighted by Crippen LogP contribution is 2.18. The first-order chi connectivity index (χ1) is 10.1. The minimum Gasteiger partial charge on any atom is -0.370 e. The Morgan fingerprint density at radius 2 is 2.10 bits per heavy atom. The van der Waals surface area contributed by atoms with E-state index in [1.807, 2.05) is 6.92 Å². The molecule has 0 atom stereocenters. The lowest BCUT2D eigenvalue weighted by Crippen LogP contribution is -2.14. The molecule has 21 heavy (non-hydrogen) atoms. The van der Waals surface area contributed by atoms with Gasteiger partial charge in [-0.1, -0.05) is 13.0 Å². The fraction of sp³-hybridized carbons (Fsp3) is 0.200. The number of halogens is 2. The molecule has 2 aromatic rings. The van der Waals surface area contributed by atoms with E-state index in [0.717, 1.165) is 19.0 Å². The number of nitrogens with zero attached hydrogens (tertiary/aromatic N) is 1. The lowest BCUT2D eigenvalue weighted by molar-refractivity contribution is 0.102. The lowest BCUT2D eigenvalue weighted by atomic mass is 10.2. The third-order valence-electron chi connectivity index (χ3n) is 2.78. The SMILES string of the molecule is CCCNc1cc(C(=O)Nc2cccc(F)c2F)ccn1. The predicted molar refractivity (Wildman–Crippen MR) is 77.3 cm³/mol. The number of hydrogen-bond donors (Lipinski definition) is 2. The van der Waals surface area contributed by atoms with Gasteiger partial charge in [0, 0.05) is 18.3 Å². The zero-order valence-corrected chi connectivity index (χ0v) is 11.5. The zero-order valence-electron chi connectivity index (χ0n) is 11.5. The number of anilines is 2. The Morgan fingerprint density at radius 3 is 2.86 bits per heavy atom. The van der Waals surface area contributed by atoms with Gasteiger partial charge in [-0.2, -0.15) is 0 Å². The molecule has 6 heteroatoms. The molecule has 0 bridgehead atoms. The number of amides is 1. The van der Waals surface area contributed by atoms with Crippen molar-refractivity contribution in [3.05, 3.63) is 53.7 Å². The first kappa shape index (κ1) is 14.9. The van der Waals surface area contributed by atoms with Crippen molar-refractivity contribution in [1.82, 2.24) is 4.98 Å². The van der Waals surface area contributed by atoms with Crippen LogP contribution in [0.2, 0.25) is 0 Å². The number of benzene rings is 1. The minimum atomic E-state index is -1.08. The normalized spacial score (nSPS) is 10.2. The summed E-state index contributed by atoms with van der Waals surface area (Å²) >= 11 is 0. The zero-order chi connectivity index (χ0) is 15.2. The van der Waals surface area contributed by atoms with Crippen LogP contribution in [0.3, 0.4) is 0 Å². The topological polar surface area (TPSA) is 54.0 Å². The van der Waals surface area contributed by atoms with Crippen molar-refractivity contribution in [2.75, 3.05) is 17.2 Å². The van der Waals surface area contributed by atoms with Gasteiger partial charge in [0.15, 0.2) is 11.6 Å². The molecule has 1 amide bonds. The molecule has 0 saturated carbocycles. The van der Waals surface area contributed by atoms with Crippen molar-refractivity contribution in [2.45, 2.75) is 13.3 Å². The molecule has 1 aromatic heterocycles. The Labute approximate surface area is 121 Å². The largest absolute Gasteiger partial charge is 0.370 e. The van der Waals surface area contributed by atoms with Crippen molar-refractivity contribution >= 4 is 17.4 Å². The Morgan fingerprint density at radius 1 is 1.29 bits per heavy atom. The Kier molecular flexibility index (Phi) is 4.81. The number of carbonyl (C=O) groups is 1. The van der Waals surface area contributed by atoms with E-state index in [9.17, 15) is 13.6 Å². The Hall–Kier alpha value is -2.50. The van der Waals surface area contributed by atoms with Gasteiger partial charge in [0.05, 0.1) is 5.69 Å². The van der Waals surface area contributed by atoms with Gasteiger partial charge < -0.3 is 10.6 Å². The molecule has 4 nitrogen and oxygen atoms in total. The van der Waals surface area contributed by atoms with Crippen LogP contribution in [0.5, 0.6) is 0 Å². The molecule has 0 radical (unpaired) electrons. The summed E-state index contributed by atoms with van der Waals surface area (Å²) in [5, 5.41) is 5.39. The second-order valence-electron chi connectivity index (χ2n) is 4.41. The molecule has 1 aromatic carbocycles. The van der Waals surface area contributed by atoms with Crippen LogP contribution in [0.4, 0.5) is 20.3 Å². The maximum atomic E-state index is 13.5. The average Bonchev–Trinajstić information content (AvgIpc) is 2.50. The molecule has 110 valence electrons. The van der Waals surface area contributed by atoms with Crippen LogP contribution in [0.25, 0.3) is 0 Å². The van der Waals surface area contributed by atoms with Crippen molar-refractivity contribution in [2.24, 2.45) is 0 Å². The summed E-state index contributed by atoms with van der Waals surface area (Å²) in [5.74, 6) is -2.05. The van der Waals surface area contributed by atoms with Gasteiger partial charge >= 0.3 is 0 Å². The molecule has 2 N–H and O–H groups in total. The van der Waals surface area contributed by atoms with Crippen molar-refractivity contribution < 1.29 is 13.6 Å². The molecule has 2 rings (SSSR count). The standard InChI is InChI=1S/C15H15F2N3O/c1-2-7-18-13-9-10(6-8-19-13)15(21)20-12-5-3-4-11(16)14(12)17/h3-6,8-9H,2,7H2,1H3,(H,18,19)(H,20,21). The molecule has 0 unspecified atom stereocenters. The van der Waals surface area contributed by atoms with Gasteiger partial charge in [-0.3, -0.25) is 4.79 Å². The number of aromatic nitrogens is 1. The number of nitrogens with one attached hydrogen (secondary N) is 2. The molecule has 0 spiro atoms. The summed E-state index contributed by atoms with van der Waals surface area (Å²) in [6.45, 7) is 2.74. The average molecular weight is 291 g/mol. The number of rotatable bonds is 5. The summed E-state index contributed by atoms with van der Waals surface area (Å²) in [7, 11) is 0. The summed E-state index contributed by atoms with van der Waals surface area (Å²) in [4.78, 5) is 16.1. The second-order valence-corrected chi connectivity index (χ2v) is 4.41. The van der Waals surface area contributed by atoms with Gasteiger partial charge in [0.25, 0.3) is 5.91 Å². The first-order valence-corrected chi connectivity index (χ1v) is 6.57. The van der Waals surface area contributed by atoms with E-state index in [-0.39, 0.29) is 5.69 Å². The number of carbonyl (C=O) groups excluding carboxylic acids is 1. The van der Waals surface area contributed by atoms with Crippen LogP contribution in [0.1, 0.15) is 23.7 Å². The minimum absolute atomic E-state index is 0.195. The molecule has 0 aliphatic carbocycles. The summed E-state index contributed by atoms with van der Waals surface area (Å²) in [5.41, 5.74) is 0.118. The van der Waals surface area contributed by atoms with Crippen LogP contribution in [0.15, 0.2) is 36.5 Å². The van der Waals surface area contributed by atoms with Crippen molar-refractivity contribution in [3.63, 3.8) is 0 Å². The summed E-state index contributed by atoms with van der Waals surface area (Å²) in [6.07, 6.45) is 2.40. The van der Waals surface area contributed by atoms with Crippen LogP contribution < -0.4 is 10.6 Å². The van der Waals surface area contributed by atoms with Crippen molar-refractivity contribution in [3.8, 4) is 0 Å². The third kappa shape index (κ3) is 3.75. The molecule has 0 aliphatic heterocycles. The summed E-state index contributed by atoms with van der Waals surface area (Å²) < 4.78 is 26.6. The number of pyridine rings is 1. The Balaban J connectivity index is 2.15. The first-order valence-electron chi connectivity index (χ1n) is 6.57. The maximum absolute atomic E-state index is 13.5. The molecular weight excluding hydrogens is 276 g/mol. The van der Waals surface area contributed by atoms with Gasteiger partial charge in [0.2, 0.25) is 0 Å². The monoisotopic (exact) mass is 291 g/mol. The smallest absolute Gasteiger partial charge is 0.255 e. The van der Waals surface area contributed by atoms with Crippen molar-refractivity contribution in [1.29, 1.82) is 0 Å². The molecule has 0 saturated heterocycles.